The summed E-state index contributed by atoms with van der Waals surface area (Å²) in [4.78, 5) is 3.34. The summed E-state index contributed by atoms with van der Waals surface area (Å²) in [5.74, 6) is 0.481. The lowest BCUT2D eigenvalue weighted by Crippen LogP contribution is -2.26. The number of aromatic amines is 1. The zero-order valence-corrected chi connectivity index (χ0v) is 16.5. The molecule has 25 heavy (non-hydrogen) atoms. The second kappa shape index (κ2) is 7.73. The van der Waals surface area contributed by atoms with Gasteiger partial charge in [-0.1, -0.05) is 59.6 Å². The summed E-state index contributed by atoms with van der Waals surface area (Å²) in [6.45, 7) is 6.97. The molecule has 3 rings (SSSR count). The number of fused-ring (bicyclic) bond motifs is 1. The van der Waals surface area contributed by atoms with Gasteiger partial charge in [-0.25, -0.2) is 0 Å². The van der Waals surface area contributed by atoms with Gasteiger partial charge in [0, 0.05) is 28.1 Å². The van der Waals surface area contributed by atoms with Crippen molar-refractivity contribution in [1.29, 1.82) is 0 Å². The van der Waals surface area contributed by atoms with E-state index in [0.29, 0.717) is 12.5 Å². The van der Waals surface area contributed by atoms with Crippen molar-refractivity contribution in [2.24, 2.45) is 5.92 Å². The van der Waals surface area contributed by atoms with Crippen molar-refractivity contribution in [3.8, 4) is 0 Å². The molecule has 1 atom stereocenters. The van der Waals surface area contributed by atoms with Gasteiger partial charge >= 0.3 is 0 Å². The Morgan fingerprint density at radius 3 is 2.52 bits per heavy atom. The summed E-state index contributed by atoms with van der Waals surface area (Å²) >= 11 is 3.56. The molecule has 0 aliphatic carbocycles. The minimum atomic E-state index is -0.0515. The number of hydroxylamine groups is 2. The van der Waals surface area contributed by atoms with Gasteiger partial charge in [-0.05, 0) is 48.6 Å². The van der Waals surface area contributed by atoms with Crippen molar-refractivity contribution in [2.45, 2.75) is 39.8 Å². The number of H-pyrrole nitrogens is 1. The Labute approximate surface area is 157 Å². The minimum Gasteiger partial charge on any atom is -0.361 e. The van der Waals surface area contributed by atoms with Gasteiger partial charge in [-0.3, -0.25) is 0 Å². The maximum Gasteiger partial charge on any atom is 0.0626 e. The first-order valence-electron chi connectivity index (χ1n) is 8.71. The molecule has 132 valence electrons. The maximum absolute atomic E-state index is 10.9. The lowest BCUT2D eigenvalue weighted by atomic mass is 9.96. The van der Waals surface area contributed by atoms with Crippen molar-refractivity contribution in [3.05, 3.63) is 69.8 Å². The molecule has 0 bridgehead atoms. The first-order chi connectivity index (χ1) is 11.9. The second-order valence-corrected chi connectivity index (χ2v) is 8.08. The number of nitrogens with zero attached hydrogens (tertiary/aromatic N) is 1. The van der Waals surface area contributed by atoms with Crippen molar-refractivity contribution < 1.29 is 5.21 Å². The van der Waals surface area contributed by atoms with Crippen LogP contribution in [0.15, 0.2) is 53.1 Å². The highest BCUT2D eigenvalue weighted by molar-refractivity contribution is 9.10. The standard InChI is InChI=1S/C21H25BrN2O/c1-14(2)10-21(24(25)13-16-6-4-15(3)5-7-16)19-12-23-20-9-8-17(22)11-18(19)20/h4-9,11-12,14,21,23,25H,10,13H2,1-3H3. The highest BCUT2D eigenvalue weighted by atomic mass is 79.9. The summed E-state index contributed by atoms with van der Waals surface area (Å²) in [6.07, 6.45) is 2.92. The van der Waals surface area contributed by atoms with Crippen LogP contribution < -0.4 is 0 Å². The maximum atomic E-state index is 10.9. The third kappa shape index (κ3) is 4.32. The molecule has 0 saturated carbocycles. The number of aryl methyl sites for hydroxylation is 1. The first kappa shape index (κ1) is 18.2. The van der Waals surface area contributed by atoms with E-state index < -0.39 is 0 Å². The first-order valence-corrected chi connectivity index (χ1v) is 9.51. The summed E-state index contributed by atoms with van der Waals surface area (Å²) < 4.78 is 1.05. The molecule has 2 N–H and O–H groups in total. The van der Waals surface area contributed by atoms with Gasteiger partial charge in [0.15, 0.2) is 0 Å². The van der Waals surface area contributed by atoms with Gasteiger partial charge in [0.2, 0.25) is 0 Å². The highest BCUT2D eigenvalue weighted by Gasteiger charge is 2.23. The van der Waals surface area contributed by atoms with E-state index in [1.54, 1.807) is 0 Å². The summed E-state index contributed by atoms with van der Waals surface area (Å²) in [6, 6.07) is 14.5. The number of rotatable bonds is 6. The van der Waals surface area contributed by atoms with Gasteiger partial charge < -0.3 is 10.2 Å². The molecular weight excluding hydrogens is 376 g/mol. The van der Waals surface area contributed by atoms with Crippen molar-refractivity contribution >= 4 is 26.8 Å². The molecule has 0 saturated heterocycles. The molecule has 0 aliphatic rings. The van der Waals surface area contributed by atoms with E-state index in [4.69, 9.17) is 0 Å². The molecule has 0 fully saturated rings. The molecule has 0 aliphatic heterocycles. The van der Waals surface area contributed by atoms with E-state index in [9.17, 15) is 5.21 Å². The Balaban J connectivity index is 1.92. The van der Waals surface area contributed by atoms with Gasteiger partial charge in [0.1, 0.15) is 0 Å². The largest absolute Gasteiger partial charge is 0.361 e. The van der Waals surface area contributed by atoms with Gasteiger partial charge in [0.25, 0.3) is 0 Å². The normalized spacial score (nSPS) is 13.1. The zero-order chi connectivity index (χ0) is 18.0. The van der Waals surface area contributed by atoms with Crippen LogP contribution in [-0.2, 0) is 6.54 Å². The summed E-state index contributed by atoms with van der Waals surface area (Å²) in [5.41, 5.74) is 4.58. The van der Waals surface area contributed by atoms with E-state index in [2.05, 4.69) is 78.1 Å². The SMILES string of the molecule is Cc1ccc(CN(O)C(CC(C)C)c2c[nH]c3ccc(Br)cc23)cc1. The molecule has 3 nitrogen and oxygen atoms in total. The van der Waals surface area contributed by atoms with E-state index in [1.165, 1.54) is 10.6 Å². The number of hydrogen-bond donors (Lipinski definition) is 2. The number of aromatic nitrogens is 1. The molecular formula is C21H25BrN2O. The fraction of sp³-hybridized carbons (Fsp3) is 0.333. The molecule has 4 heteroatoms. The minimum absolute atomic E-state index is 0.0515. The Morgan fingerprint density at radius 2 is 1.84 bits per heavy atom. The van der Waals surface area contributed by atoms with E-state index in [1.807, 2.05) is 12.3 Å². The average molecular weight is 401 g/mol. The van der Waals surface area contributed by atoms with Crippen LogP contribution in [0.1, 0.15) is 43.0 Å². The van der Waals surface area contributed by atoms with Crippen LogP contribution in [0, 0.1) is 12.8 Å². The van der Waals surface area contributed by atoms with Crippen molar-refractivity contribution in [1.82, 2.24) is 10.0 Å². The lowest BCUT2D eigenvalue weighted by molar-refractivity contribution is -0.141. The van der Waals surface area contributed by atoms with Gasteiger partial charge in [-0.15, -0.1) is 0 Å². The van der Waals surface area contributed by atoms with Crippen molar-refractivity contribution in [2.75, 3.05) is 0 Å². The van der Waals surface area contributed by atoms with Gasteiger partial charge in [0.05, 0.1) is 6.04 Å². The smallest absolute Gasteiger partial charge is 0.0626 e. The van der Waals surface area contributed by atoms with Crippen LogP contribution in [0.5, 0.6) is 0 Å². The van der Waals surface area contributed by atoms with Gasteiger partial charge in [-0.2, -0.15) is 5.06 Å². The predicted molar refractivity (Wildman–Crippen MR) is 107 cm³/mol. The zero-order valence-electron chi connectivity index (χ0n) is 15.0. The quantitative estimate of drug-likeness (QED) is 0.482. The fourth-order valence-electron chi connectivity index (χ4n) is 3.24. The molecule has 2 aromatic carbocycles. The van der Waals surface area contributed by atoms with Crippen LogP contribution in [0.2, 0.25) is 0 Å². The van der Waals surface area contributed by atoms with E-state index in [0.717, 1.165) is 32.9 Å². The molecule has 1 aromatic heterocycles. The second-order valence-electron chi connectivity index (χ2n) is 7.16. The Kier molecular flexibility index (Phi) is 5.62. The third-order valence-corrected chi connectivity index (χ3v) is 5.05. The van der Waals surface area contributed by atoms with Crippen LogP contribution in [0.4, 0.5) is 0 Å². The Morgan fingerprint density at radius 1 is 1.12 bits per heavy atom. The monoisotopic (exact) mass is 400 g/mol. The molecule has 1 heterocycles. The Hall–Kier alpha value is -1.62. The molecule has 3 aromatic rings. The van der Waals surface area contributed by atoms with E-state index >= 15 is 0 Å². The number of benzene rings is 2. The summed E-state index contributed by atoms with van der Waals surface area (Å²) in [5, 5.41) is 13.5. The van der Waals surface area contributed by atoms with E-state index in [-0.39, 0.29) is 6.04 Å². The molecule has 1 unspecified atom stereocenters. The summed E-state index contributed by atoms with van der Waals surface area (Å²) in [7, 11) is 0. The topological polar surface area (TPSA) is 39.3 Å². The van der Waals surface area contributed by atoms with Crippen molar-refractivity contribution in [3.63, 3.8) is 0 Å². The third-order valence-electron chi connectivity index (χ3n) is 4.55. The van der Waals surface area contributed by atoms with Crippen LogP contribution in [0.3, 0.4) is 0 Å². The lowest BCUT2D eigenvalue weighted by Gasteiger charge is -2.27. The predicted octanol–water partition coefficient (Wildman–Crippen LogP) is 6.22. The molecule has 0 radical (unpaired) electrons. The van der Waals surface area contributed by atoms with Crippen LogP contribution >= 0.6 is 15.9 Å². The number of halogens is 1. The molecule has 0 spiro atoms. The fourth-order valence-corrected chi connectivity index (χ4v) is 3.60. The average Bonchev–Trinajstić information content (AvgIpc) is 2.97. The highest BCUT2D eigenvalue weighted by Crippen LogP contribution is 2.34. The molecule has 0 amide bonds. The number of nitrogens with one attached hydrogen (secondary N) is 1. The Bertz CT molecular complexity index is 839. The number of hydrogen-bond acceptors (Lipinski definition) is 2. The van der Waals surface area contributed by atoms with Crippen LogP contribution in [0.25, 0.3) is 10.9 Å². The van der Waals surface area contributed by atoms with Crippen LogP contribution in [-0.4, -0.2) is 15.3 Å².